The van der Waals surface area contributed by atoms with Crippen LogP contribution in [0.4, 0.5) is 0 Å². The molecule has 0 bridgehead atoms. The Kier molecular flexibility index (Phi) is 48.4. The van der Waals surface area contributed by atoms with Gasteiger partial charge in [-0.15, -0.1) is 11.8 Å². The van der Waals surface area contributed by atoms with Gasteiger partial charge in [-0.05, 0) is 106 Å². The van der Waals surface area contributed by atoms with Gasteiger partial charge in [-0.1, -0.05) is 95.1 Å². The smallest absolute Gasteiger partial charge is 0.305 e. The third kappa shape index (κ3) is 39.9. The molecule has 1 heterocycles. The van der Waals surface area contributed by atoms with Crippen molar-refractivity contribution < 1.29 is 147 Å². The molecule has 47 nitrogen and oxygen atoms in total. The average Bonchev–Trinajstić information content (AvgIpc) is 1.75. The zero-order valence-corrected chi connectivity index (χ0v) is 75.6. The van der Waals surface area contributed by atoms with Crippen LogP contribution in [0.15, 0.2) is 78.9 Å². The van der Waals surface area contributed by atoms with Crippen molar-refractivity contribution in [2.45, 2.75) is 229 Å². The summed E-state index contributed by atoms with van der Waals surface area (Å²) in [6, 6.07) is -4.46. The lowest BCUT2D eigenvalue weighted by Crippen LogP contribution is -2.63. The van der Waals surface area contributed by atoms with E-state index in [1.807, 2.05) is 0 Å². The largest absolute Gasteiger partial charge is 0.508 e. The van der Waals surface area contributed by atoms with Crippen molar-refractivity contribution in [1.29, 1.82) is 0 Å². The van der Waals surface area contributed by atoms with Gasteiger partial charge >= 0.3 is 17.9 Å². The van der Waals surface area contributed by atoms with Crippen molar-refractivity contribution in [3.63, 3.8) is 0 Å². The van der Waals surface area contributed by atoms with Crippen LogP contribution < -0.4 is 85.5 Å². The summed E-state index contributed by atoms with van der Waals surface area (Å²) >= 11 is 0.780. The average molecular weight is 1900 g/mol. The summed E-state index contributed by atoms with van der Waals surface area (Å²) in [5, 5.41) is 128. The summed E-state index contributed by atoms with van der Waals surface area (Å²) in [7, 11) is 1.27. The van der Waals surface area contributed by atoms with Gasteiger partial charge in [0.15, 0.2) is 0 Å². The fraction of sp³-hybridized carbons (Fsp3) is 0.553. The Morgan fingerprint density at radius 2 is 0.865 bits per heavy atom. The molecule has 0 saturated carbocycles. The van der Waals surface area contributed by atoms with Gasteiger partial charge in [0.1, 0.15) is 90.1 Å². The molecule has 17 atom stereocenters. The molecule has 0 aromatic heterocycles. The fourth-order valence-electron chi connectivity index (χ4n) is 13.2. The second-order valence-electron chi connectivity index (χ2n) is 32.1. The highest BCUT2D eigenvalue weighted by atomic mass is 32.2. The number of rotatable bonds is 60. The number of phenolic OH excluding ortho intramolecular Hbond substituents is 2. The number of carbonyl (C=O) groups is 20. The maximum absolute atomic E-state index is 14.7. The van der Waals surface area contributed by atoms with Gasteiger partial charge in [0.25, 0.3) is 5.91 Å². The van der Waals surface area contributed by atoms with Crippen molar-refractivity contribution in [2.24, 2.45) is 17.6 Å². The first-order valence-electron chi connectivity index (χ1n) is 42.8. The van der Waals surface area contributed by atoms with Crippen LogP contribution in [0.1, 0.15) is 129 Å². The topological polar surface area (TPSA) is 742 Å². The molecule has 0 spiro atoms. The van der Waals surface area contributed by atoms with E-state index in [0.29, 0.717) is 36.9 Å². The number of carboxylic acid groups (broad SMARTS) is 3. The molecule has 0 unspecified atom stereocenters. The van der Waals surface area contributed by atoms with Gasteiger partial charge in [-0.2, -0.15) is 0 Å². The number of likely N-dealkylation sites (tertiary alicyclic amines) is 1. The summed E-state index contributed by atoms with van der Waals surface area (Å²) in [5.41, 5.74) is 6.47. The number of amides is 17. The summed E-state index contributed by atoms with van der Waals surface area (Å²) < 4.78 is 4.97. The third-order valence-electron chi connectivity index (χ3n) is 20.7. The van der Waals surface area contributed by atoms with E-state index < -0.39 is 285 Å². The molecule has 17 amide bonds. The van der Waals surface area contributed by atoms with Crippen LogP contribution in [0.2, 0.25) is 0 Å². The highest BCUT2D eigenvalue weighted by molar-refractivity contribution is 8.00. The predicted molar refractivity (Wildman–Crippen MR) is 471 cm³/mol. The molecular formula is C85H123N17O30S. The van der Waals surface area contributed by atoms with E-state index in [2.05, 4.69) is 79.8 Å². The van der Waals surface area contributed by atoms with Crippen LogP contribution in [-0.2, 0) is 120 Å². The third-order valence-corrected chi connectivity index (χ3v) is 21.6. The van der Waals surface area contributed by atoms with Crippen LogP contribution in [0.3, 0.4) is 0 Å². The van der Waals surface area contributed by atoms with Gasteiger partial charge in [0.05, 0.1) is 62.7 Å². The Hall–Kier alpha value is -13.0. The van der Waals surface area contributed by atoms with E-state index in [1.54, 1.807) is 45.9 Å². The zero-order valence-electron chi connectivity index (χ0n) is 74.8. The Bertz CT molecular complexity index is 4500. The summed E-state index contributed by atoms with van der Waals surface area (Å²) in [6.07, 6.45) is -7.59. The van der Waals surface area contributed by atoms with Crippen molar-refractivity contribution in [1.82, 2.24) is 84.7 Å². The number of phenols is 2. The molecule has 0 aliphatic carbocycles. The standard InChI is InChI=1S/C85H123N17O30S/c1-9-44(4)70(82(128)95-56(34-50-20-24-52(108)25-21-50)76(122)91-54(31-43(2)3)75(121)93-58(35-68(115)116)74(120)89-45(5)15-13-14-28-86)100-81(127)61(40-104)97-77(123)55(33-49-18-22-51(107)23-19-49)92-78(124)59(36-69(117)118)94-80(126)60(39-103)98-84(130)72(47(7)106)101-79(125)57(32-48-16-11-10-12-17-48)96-83(129)71(46(6)105)99-63(109)38-88-73(119)53(26-27-67(113)114)90-65(111)42-133-41-64(110)87-29-30-102-66(112)37-62(132-8)85(102)131/h10-12,16-25,43-47,53-62,70-72,103-108H,9,13-15,26-42,86H2,1-8H3,(H,87,110)(H,88,119)(H,89,120)(H,90,111)(H,91,122)(H,92,124)(H,93,121)(H,94,126)(H,95,128)(H,96,129)(H,97,123)(H,98,130)(H,99,109)(H,100,127)(H,101,125)(H,113,114)(H,115,116)(H,117,118)/t44-,45+,46+,47+,53-,54-,55-,56-,57-,58-,59-,60-,61-,62-,70-,71-,72-/m0/s1. The van der Waals surface area contributed by atoms with Crippen molar-refractivity contribution in [3.8, 4) is 11.5 Å². The molecule has 3 aromatic carbocycles. The highest BCUT2D eigenvalue weighted by Gasteiger charge is 2.42. The fourth-order valence-corrected chi connectivity index (χ4v) is 13.9. The van der Waals surface area contributed by atoms with Crippen molar-refractivity contribution >= 4 is 130 Å². The normalized spacial score (nSPS) is 16.0. The summed E-state index contributed by atoms with van der Waals surface area (Å²) in [4.78, 5) is 271. The first-order valence-corrected chi connectivity index (χ1v) is 43.9. The molecule has 1 fully saturated rings. The molecule has 4 rings (SSSR count). The van der Waals surface area contributed by atoms with E-state index in [-0.39, 0.29) is 67.5 Å². The number of ether oxygens (including phenoxy) is 1. The van der Waals surface area contributed by atoms with Crippen molar-refractivity contribution in [3.05, 3.63) is 95.6 Å². The number of unbranched alkanes of at least 4 members (excludes halogenated alkanes) is 1. The maximum atomic E-state index is 14.7. The van der Waals surface area contributed by atoms with Gasteiger partial charge < -0.3 is 136 Å². The molecule has 734 valence electrons. The number of nitrogens with zero attached hydrogens (tertiary/aromatic N) is 1. The number of hydrogen-bond acceptors (Lipinski definition) is 29. The van der Waals surface area contributed by atoms with E-state index in [1.165, 1.54) is 74.7 Å². The first-order chi connectivity index (χ1) is 62.8. The molecule has 26 N–H and O–H groups in total. The van der Waals surface area contributed by atoms with E-state index in [0.717, 1.165) is 30.5 Å². The Morgan fingerprint density at radius 1 is 0.451 bits per heavy atom. The van der Waals surface area contributed by atoms with Crippen LogP contribution in [0.5, 0.6) is 11.5 Å². The van der Waals surface area contributed by atoms with Gasteiger partial charge in [0.2, 0.25) is 94.5 Å². The molecule has 1 aliphatic rings. The van der Waals surface area contributed by atoms with Crippen molar-refractivity contribution in [2.75, 3.05) is 58.0 Å². The zero-order chi connectivity index (χ0) is 99.5. The molecule has 1 aliphatic heterocycles. The number of nitrogens with one attached hydrogen (secondary N) is 15. The SMILES string of the molecule is CC[C@H](C)[C@H](NC(=O)[C@H](CO)NC(=O)[C@H](Cc1ccc(O)cc1)NC(=O)[C@H](CC(=O)O)NC(=O)[C@H](CO)NC(=O)[C@@H](NC(=O)[C@H](Cc1ccccc1)NC(=O)[C@@H](NC(=O)CNC(=O)[C@H](CCC(=O)O)NC(=O)CSCC(=O)NCCN1C(=O)C[C@H](OC)C1=O)[C@@H](C)O)[C@@H](C)O)C(=O)N[C@@H](Cc1ccc(O)cc1)C(=O)N[C@@H](CC(C)C)C(=O)N[C@@H](CC(=O)O)C(=O)N[C@H](C)CCCCN. The molecule has 0 radical (unpaired) electrons. The number of carbonyl (C=O) groups excluding carboxylic acids is 17. The molecule has 48 heteroatoms. The number of aliphatic carboxylic acids is 3. The second-order valence-corrected chi connectivity index (χ2v) is 33.1. The number of methoxy groups -OCH3 is 1. The predicted octanol–water partition coefficient (Wildman–Crippen LogP) is -7.03. The Morgan fingerprint density at radius 3 is 1.33 bits per heavy atom. The second kappa shape index (κ2) is 57.3. The number of nitrogens with two attached hydrogens (primary N) is 1. The van der Waals surface area contributed by atoms with Crippen LogP contribution >= 0.6 is 11.8 Å². The lowest BCUT2D eigenvalue weighted by atomic mass is 9.96. The Balaban J connectivity index is 1.52. The number of hydrogen-bond donors (Lipinski definition) is 25. The quantitative estimate of drug-likeness (QED) is 0.0184. The number of thioether (sulfide) groups is 1. The van der Waals surface area contributed by atoms with E-state index in [4.69, 9.17) is 10.5 Å². The molecular weight excluding hydrogens is 1770 g/mol. The minimum atomic E-state index is -2.23. The lowest BCUT2D eigenvalue weighted by molar-refractivity contribution is -0.142. The van der Waals surface area contributed by atoms with Crippen LogP contribution in [0.25, 0.3) is 0 Å². The van der Waals surface area contributed by atoms with E-state index in [9.17, 15) is 142 Å². The van der Waals surface area contributed by atoms with Gasteiger partial charge in [-0.25, -0.2) is 0 Å². The van der Waals surface area contributed by atoms with Gasteiger partial charge in [0, 0.05) is 51.9 Å². The molecule has 133 heavy (non-hydrogen) atoms. The first kappa shape index (κ1) is 112. The number of benzene rings is 3. The van der Waals surface area contributed by atoms with Gasteiger partial charge in [-0.3, -0.25) is 101 Å². The maximum Gasteiger partial charge on any atom is 0.305 e. The number of imide groups is 1. The Labute approximate surface area is 769 Å². The number of carboxylic acids is 3. The van der Waals surface area contributed by atoms with E-state index >= 15 is 0 Å². The minimum absolute atomic E-state index is 0.0819. The molecule has 3 aromatic rings. The number of aromatic hydroxyl groups is 2. The molecule has 1 saturated heterocycles. The highest BCUT2D eigenvalue weighted by Crippen LogP contribution is 2.20. The minimum Gasteiger partial charge on any atom is -0.508 e. The van der Waals surface area contributed by atoms with Crippen LogP contribution in [-0.4, -0.2) is 324 Å². The summed E-state index contributed by atoms with van der Waals surface area (Å²) in [6.45, 7) is 6.86. The lowest BCUT2D eigenvalue weighted by Gasteiger charge is -2.30. The monoisotopic (exact) mass is 1890 g/mol. The number of aliphatic hydroxyl groups excluding tert-OH is 4. The van der Waals surface area contributed by atoms with Crippen LogP contribution in [0, 0.1) is 11.8 Å². The summed E-state index contributed by atoms with van der Waals surface area (Å²) in [5.74, 6) is -25.0. The number of aliphatic hydroxyl groups is 4.